The summed E-state index contributed by atoms with van der Waals surface area (Å²) in [5.74, 6) is 0.636. The highest BCUT2D eigenvalue weighted by atomic mass is 35.5. The predicted molar refractivity (Wildman–Crippen MR) is 82.2 cm³/mol. The van der Waals surface area contributed by atoms with Gasteiger partial charge in [0.2, 0.25) is 9.97 Å². The van der Waals surface area contributed by atoms with Crippen LogP contribution in [-0.4, -0.2) is 25.7 Å². The predicted octanol–water partition coefficient (Wildman–Crippen LogP) is 3.21. The zero-order valence-corrected chi connectivity index (χ0v) is 12.9. The fraction of sp³-hybridized carbons (Fsp3) is 0.231. The quantitative estimate of drug-likeness (QED) is 0.804. The zero-order valence-electron chi connectivity index (χ0n) is 11.4. The van der Waals surface area contributed by atoms with Crippen LogP contribution in [0.15, 0.2) is 24.3 Å². The molecule has 0 aliphatic rings. The molecular formula is C13H12ClN5OS. The molecule has 1 N–H and O–H groups in total. The maximum atomic E-state index is 12.2. The number of hydrogen-bond acceptors (Lipinski definition) is 5. The summed E-state index contributed by atoms with van der Waals surface area (Å²) < 4.78 is 1.61. The first-order valence-electron chi connectivity index (χ1n) is 6.33. The molecule has 0 atom stereocenters. The Balaban J connectivity index is 1.88. The molecule has 3 rings (SSSR count). The topological polar surface area (TPSA) is 72.2 Å². The van der Waals surface area contributed by atoms with E-state index in [1.165, 1.54) is 11.3 Å². The van der Waals surface area contributed by atoms with Crippen molar-refractivity contribution in [1.82, 2.24) is 19.8 Å². The van der Waals surface area contributed by atoms with Crippen LogP contribution in [-0.2, 0) is 0 Å². The first kappa shape index (κ1) is 14.0. The van der Waals surface area contributed by atoms with Crippen LogP contribution in [0.5, 0.6) is 0 Å². The molecule has 0 fully saturated rings. The van der Waals surface area contributed by atoms with Gasteiger partial charge in [-0.3, -0.25) is 4.79 Å². The van der Waals surface area contributed by atoms with Crippen molar-refractivity contribution >= 4 is 39.5 Å². The molecule has 6 nitrogen and oxygen atoms in total. The van der Waals surface area contributed by atoms with Crippen molar-refractivity contribution in [3.05, 3.63) is 40.1 Å². The fourth-order valence-corrected chi connectivity index (χ4v) is 2.77. The lowest BCUT2D eigenvalue weighted by molar-refractivity contribution is 0.102. The second-order valence-electron chi connectivity index (χ2n) is 4.78. The maximum absolute atomic E-state index is 12.2. The van der Waals surface area contributed by atoms with Crippen LogP contribution in [0.3, 0.4) is 0 Å². The molecule has 0 spiro atoms. The minimum Gasteiger partial charge on any atom is -0.320 e. The minimum absolute atomic E-state index is 0.186. The molecule has 0 bridgehead atoms. The molecule has 1 amide bonds. The summed E-state index contributed by atoms with van der Waals surface area (Å²) >= 11 is 7.09. The standard InChI is InChI=1S/C13H12ClN5OS/c1-7(2)10-16-17-13-19(10)18-12(21-13)11(20)15-9-5-3-4-8(14)6-9/h3-7H,1-2H3,(H,15,20). The molecule has 2 heterocycles. The molecule has 3 aromatic rings. The van der Waals surface area contributed by atoms with Gasteiger partial charge in [-0.25, -0.2) is 0 Å². The van der Waals surface area contributed by atoms with E-state index in [1.807, 2.05) is 13.8 Å². The normalized spacial score (nSPS) is 11.2. The number of nitrogens with one attached hydrogen (secondary N) is 1. The van der Waals surface area contributed by atoms with Gasteiger partial charge in [0.15, 0.2) is 5.82 Å². The summed E-state index contributed by atoms with van der Waals surface area (Å²) in [6.45, 7) is 4.00. The Hall–Kier alpha value is -1.99. The SMILES string of the molecule is CC(C)c1nnc2sc(C(=O)Nc3cccc(Cl)c3)nn12. The molecule has 2 aromatic heterocycles. The number of carbonyl (C=O) groups excluding carboxylic acids is 1. The number of rotatable bonds is 3. The maximum Gasteiger partial charge on any atom is 0.286 e. The van der Waals surface area contributed by atoms with Crippen molar-refractivity contribution in [2.75, 3.05) is 5.32 Å². The average molecular weight is 322 g/mol. The Bertz CT molecular complexity index is 810. The molecule has 0 aliphatic heterocycles. The van der Waals surface area contributed by atoms with Crippen LogP contribution >= 0.6 is 22.9 Å². The van der Waals surface area contributed by atoms with Gasteiger partial charge in [-0.05, 0) is 18.2 Å². The minimum atomic E-state index is -0.289. The van der Waals surface area contributed by atoms with Gasteiger partial charge in [0.1, 0.15) is 0 Å². The Kier molecular flexibility index (Phi) is 3.60. The van der Waals surface area contributed by atoms with E-state index in [0.717, 1.165) is 5.82 Å². The lowest BCUT2D eigenvalue weighted by atomic mass is 10.2. The van der Waals surface area contributed by atoms with Gasteiger partial charge in [0, 0.05) is 16.6 Å². The highest BCUT2D eigenvalue weighted by Gasteiger charge is 2.18. The van der Waals surface area contributed by atoms with Crippen molar-refractivity contribution < 1.29 is 4.79 Å². The number of benzene rings is 1. The van der Waals surface area contributed by atoms with Gasteiger partial charge in [-0.2, -0.15) is 4.52 Å². The molecule has 0 unspecified atom stereocenters. The molecule has 0 saturated carbocycles. The van der Waals surface area contributed by atoms with Crippen LogP contribution in [0.1, 0.15) is 35.4 Å². The molecule has 21 heavy (non-hydrogen) atoms. The first-order valence-corrected chi connectivity index (χ1v) is 7.53. The van der Waals surface area contributed by atoms with Crippen molar-refractivity contribution in [1.29, 1.82) is 0 Å². The van der Waals surface area contributed by atoms with Crippen molar-refractivity contribution in [2.24, 2.45) is 0 Å². The van der Waals surface area contributed by atoms with E-state index in [9.17, 15) is 4.79 Å². The van der Waals surface area contributed by atoms with Gasteiger partial charge in [0.25, 0.3) is 5.91 Å². The van der Waals surface area contributed by atoms with E-state index in [0.29, 0.717) is 20.7 Å². The average Bonchev–Trinajstić information content (AvgIpc) is 2.97. The van der Waals surface area contributed by atoms with Crippen LogP contribution in [0, 0.1) is 0 Å². The highest BCUT2D eigenvalue weighted by Crippen LogP contribution is 2.20. The number of nitrogens with zero attached hydrogens (tertiary/aromatic N) is 4. The third-order valence-corrected chi connectivity index (χ3v) is 3.94. The van der Waals surface area contributed by atoms with E-state index in [4.69, 9.17) is 11.6 Å². The van der Waals surface area contributed by atoms with E-state index in [-0.39, 0.29) is 11.8 Å². The van der Waals surface area contributed by atoms with E-state index >= 15 is 0 Å². The van der Waals surface area contributed by atoms with Crippen molar-refractivity contribution in [3.63, 3.8) is 0 Å². The van der Waals surface area contributed by atoms with E-state index < -0.39 is 0 Å². The van der Waals surface area contributed by atoms with Crippen molar-refractivity contribution in [2.45, 2.75) is 19.8 Å². The largest absolute Gasteiger partial charge is 0.320 e. The van der Waals surface area contributed by atoms with Crippen LogP contribution in [0.4, 0.5) is 5.69 Å². The van der Waals surface area contributed by atoms with Gasteiger partial charge in [0.05, 0.1) is 0 Å². The zero-order chi connectivity index (χ0) is 15.0. The Morgan fingerprint density at radius 1 is 1.38 bits per heavy atom. The molecular weight excluding hydrogens is 310 g/mol. The Morgan fingerprint density at radius 2 is 2.19 bits per heavy atom. The lowest BCUT2D eigenvalue weighted by Crippen LogP contribution is -2.12. The summed E-state index contributed by atoms with van der Waals surface area (Å²) in [5.41, 5.74) is 0.627. The molecule has 1 aromatic carbocycles. The summed E-state index contributed by atoms with van der Waals surface area (Å²) in [5, 5.41) is 16.0. The van der Waals surface area contributed by atoms with Gasteiger partial charge >= 0.3 is 0 Å². The van der Waals surface area contributed by atoms with Crippen LogP contribution in [0.2, 0.25) is 5.02 Å². The third-order valence-electron chi connectivity index (χ3n) is 2.81. The number of carbonyl (C=O) groups is 1. The van der Waals surface area contributed by atoms with Crippen LogP contribution < -0.4 is 5.32 Å². The van der Waals surface area contributed by atoms with Gasteiger partial charge < -0.3 is 5.32 Å². The smallest absolute Gasteiger partial charge is 0.286 e. The number of aromatic nitrogens is 4. The highest BCUT2D eigenvalue weighted by molar-refractivity contribution is 7.18. The molecule has 0 saturated heterocycles. The second-order valence-corrected chi connectivity index (χ2v) is 6.17. The summed E-state index contributed by atoms with van der Waals surface area (Å²) in [6, 6.07) is 6.96. The Morgan fingerprint density at radius 3 is 2.90 bits per heavy atom. The third kappa shape index (κ3) is 2.74. The first-order chi connectivity index (χ1) is 10.0. The molecule has 0 radical (unpaired) electrons. The number of amides is 1. The number of anilines is 1. The van der Waals surface area contributed by atoms with E-state index in [2.05, 4.69) is 20.6 Å². The summed E-state index contributed by atoms with van der Waals surface area (Å²) in [7, 11) is 0. The number of halogens is 1. The summed E-state index contributed by atoms with van der Waals surface area (Å²) in [4.78, 5) is 12.8. The van der Waals surface area contributed by atoms with Crippen molar-refractivity contribution in [3.8, 4) is 0 Å². The number of hydrogen-bond donors (Lipinski definition) is 1. The molecule has 108 valence electrons. The second kappa shape index (κ2) is 5.42. The number of fused-ring (bicyclic) bond motifs is 1. The summed E-state index contributed by atoms with van der Waals surface area (Å²) in [6.07, 6.45) is 0. The molecule has 8 heteroatoms. The van der Waals surface area contributed by atoms with Gasteiger partial charge in [-0.15, -0.1) is 15.3 Å². The monoisotopic (exact) mass is 321 g/mol. The Labute approximate surface area is 129 Å². The van der Waals surface area contributed by atoms with Gasteiger partial charge in [-0.1, -0.05) is 42.9 Å². The fourth-order valence-electron chi connectivity index (χ4n) is 1.83. The van der Waals surface area contributed by atoms with E-state index in [1.54, 1.807) is 28.8 Å². The van der Waals surface area contributed by atoms with Crippen LogP contribution in [0.25, 0.3) is 4.96 Å². The lowest BCUT2D eigenvalue weighted by Gasteiger charge is -2.02. The molecule has 0 aliphatic carbocycles.